The quantitative estimate of drug-likeness (QED) is 0.323. The third-order valence-corrected chi connectivity index (χ3v) is 8.50. The molecule has 0 unspecified atom stereocenters. The number of nitrogens with zero attached hydrogens (tertiary/aromatic N) is 2. The van der Waals surface area contributed by atoms with Gasteiger partial charge in [-0.3, -0.25) is 14.2 Å². The summed E-state index contributed by atoms with van der Waals surface area (Å²) in [5.74, 6) is 0.957. The number of hydrogen-bond acceptors (Lipinski definition) is 6. The molecular weight excluding hydrogens is 434 g/mol. The molecule has 1 amide bonds. The van der Waals surface area contributed by atoms with Gasteiger partial charge >= 0.3 is 0 Å². The van der Waals surface area contributed by atoms with Gasteiger partial charge in [-0.2, -0.15) is 0 Å². The Labute approximate surface area is 188 Å². The number of thioether (sulfide) groups is 2. The van der Waals surface area contributed by atoms with Crippen molar-refractivity contribution >= 4 is 56.7 Å². The molecule has 3 aromatic rings. The summed E-state index contributed by atoms with van der Waals surface area (Å²) < 4.78 is 1.75. The van der Waals surface area contributed by atoms with E-state index in [-0.39, 0.29) is 22.0 Å². The summed E-state index contributed by atoms with van der Waals surface area (Å²) in [5, 5.41) is 4.16. The van der Waals surface area contributed by atoms with Crippen molar-refractivity contribution in [3.63, 3.8) is 0 Å². The van der Waals surface area contributed by atoms with Crippen molar-refractivity contribution in [3.05, 3.63) is 63.8 Å². The molecule has 156 valence electrons. The van der Waals surface area contributed by atoms with E-state index in [1.807, 2.05) is 42.1 Å². The third-order valence-electron chi connectivity index (χ3n) is 4.86. The van der Waals surface area contributed by atoms with Gasteiger partial charge in [0.2, 0.25) is 5.91 Å². The van der Waals surface area contributed by atoms with E-state index in [0.29, 0.717) is 11.7 Å². The first-order valence-corrected chi connectivity index (χ1v) is 12.4. The highest BCUT2D eigenvalue weighted by Gasteiger charge is 2.31. The van der Waals surface area contributed by atoms with E-state index in [1.165, 1.54) is 16.6 Å². The van der Waals surface area contributed by atoms with Crippen LogP contribution in [-0.4, -0.2) is 26.0 Å². The number of aromatic nitrogens is 2. The lowest BCUT2D eigenvalue weighted by atomic mass is 10.00. The molecule has 1 aliphatic heterocycles. The minimum absolute atomic E-state index is 0.0360. The van der Waals surface area contributed by atoms with E-state index in [9.17, 15) is 9.59 Å². The maximum atomic E-state index is 13.4. The van der Waals surface area contributed by atoms with E-state index >= 15 is 0 Å². The van der Waals surface area contributed by atoms with Crippen LogP contribution in [0.4, 0.5) is 5.69 Å². The van der Waals surface area contributed by atoms with E-state index in [1.54, 1.807) is 22.0 Å². The van der Waals surface area contributed by atoms with Gasteiger partial charge in [0.05, 0.1) is 11.1 Å². The van der Waals surface area contributed by atoms with Crippen molar-refractivity contribution < 1.29 is 4.79 Å². The number of rotatable bonds is 6. The molecule has 0 saturated carbocycles. The number of benzene rings is 1. The van der Waals surface area contributed by atoms with Gasteiger partial charge in [-0.05, 0) is 24.1 Å². The highest BCUT2D eigenvalue weighted by Crippen LogP contribution is 2.44. The lowest BCUT2D eigenvalue weighted by Crippen LogP contribution is -2.27. The second-order valence-corrected chi connectivity index (χ2v) is 11.4. The van der Waals surface area contributed by atoms with Crippen molar-refractivity contribution in [1.29, 1.82) is 0 Å². The molecule has 30 heavy (non-hydrogen) atoms. The van der Waals surface area contributed by atoms with Gasteiger partial charge in [0.25, 0.3) is 5.56 Å². The summed E-state index contributed by atoms with van der Waals surface area (Å²) in [7, 11) is 0. The number of para-hydroxylation sites is 1. The van der Waals surface area contributed by atoms with Gasteiger partial charge in [-0.25, -0.2) is 4.98 Å². The van der Waals surface area contributed by atoms with Crippen LogP contribution >= 0.6 is 34.9 Å². The number of hydrogen-bond donors (Lipinski definition) is 1. The van der Waals surface area contributed by atoms with Gasteiger partial charge in [-0.1, -0.05) is 49.9 Å². The SMILES string of the molecule is C=CCn1c(SCC(=O)Nc2ccccc2)nc2sc3c(c2c1=O)CC(C)(C)SC3. The minimum Gasteiger partial charge on any atom is -0.325 e. The van der Waals surface area contributed by atoms with Gasteiger partial charge in [0.15, 0.2) is 5.16 Å². The smallest absolute Gasteiger partial charge is 0.263 e. The predicted octanol–water partition coefficient (Wildman–Crippen LogP) is 4.94. The first-order valence-electron chi connectivity index (χ1n) is 9.65. The monoisotopic (exact) mass is 457 g/mol. The number of anilines is 1. The van der Waals surface area contributed by atoms with E-state index in [2.05, 4.69) is 25.7 Å². The molecule has 1 aromatic carbocycles. The predicted molar refractivity (Wildman–Crippen MR) is 129 cm³/mol. The normalized spacial score (nSPS) is 15.0. The summed E-state index contributed by atoms with van der Waals surface area (Å²) in [6.45, 7) is 8.59. The average molecular weight is 458 g/mol. The zero-order chi connectivity index (χ0) is 21.3. The van der Waals surface area contributed by atoms with Crippen molar-refractivity contribution in [2.75, 3.05) is 11.1 Å². The van der Waals surface area contributed by atoms with Crippen LogP contribution < -0.4 is 10.9 Å². The largest absolute Gasteiger partial charge is 0.325 e. The van der Waals surface area contributed by atoms with E-state index in [4.69, 9.17) is 4.98 Å². The molecule has 0 atom stereocenters. The zero-order valence-corrected chi connectivity index (χ0v) is 19.4. The summed E-state index contributed by atoms with van der Waals surface area (Å²) in [6.07, 6.45) is 2.56. The lowest BCUT2D eigenvalue weighted by Gasteiger charge is -2.28. The number of thiophene rings is 1. The molecule has 0 saturated heterocycles. The molecular formula is C22H23N3O2S3. The Balaban J connectivity index is 1.64. The maximum absolute atomic E-state index is 13.4. The lowest BCUT2D eigenvalue weighted by molar-refractivity contribution is -0.113. The Morgan fingerprint density at radius 2 is 2.13 bits per heavy atom. The molecule has 3 heterocycles. The van der Waals surface area contributed by atoms with Crippen molar-refractivity contribution in [2.45, 2.75) is 42.5 Å². The maximum Gasteiger partial charge on any atom is 0.263 e. The third kappa shape index (κ3) is 4.36. The Bertz CT molecular complexity index is 1170. The van der Waals surface area contributed by atoms with Crippen LogP contribution in [0, 0.1) is 0 Å². The van der Waals surface area contributed by atoms with Crippen LogP contribution in [0.1, 0.15) is 24.3 Å². The molecule has 0 bridgehead atoms. The van der Waals surface area contributed by atoms with Crippen molar-refractivity contribution in [2.24, 2.45) is 0 Å². The second kappa shape index (κ2) is 8.61. The van der Waals surface area contributed by atoms with Gasteiger partial charge < -0.3 is 5.32 Å². The second-order valence-electron chi connectivity index (χ2n) is 7.71. The summed E-state index contributed by atoms with van der Waals surface area (Å²) >= 11 is 4.81. The Kier molecular flexibility index (Phi) is 6.09. The van der Waals surface area contributed by atoms with Crippen LogP contribution in [-0.2, 0) is 23.5 Å². The van der Waals surface area contributed by atoms with E-state index < -0.39 is 0 Å². The number of allylic oxidation sites excluding steroid dienone is 1. The minimum atomic E-state index is -0.130. The van der Waals surface area contributed by atoms with Gasteiger partial charge in [-0.15, -0.1) is 29.7 Å². The first kappa shape index (κ1) is 21.2. The fourth-order valence-electron chi connectivity index (χ4n) is 3.46. The van der Waals surface area contributed by atoms with Crippen molar-refractivity contribution in [3.8, 4) is 0 Å². The highest BCUT2D eigenvalue weighted by molar-refractivity contribution is 8.00. The summed E-state index contributed by atoms with van der Waals surface area (Å²) in [5.41, 5.74) is 1.86. The fourth-order valence-corrected chi connectivity index (χ4v) is 6.65. The van der Waals surface area contributed by atoms with Crippen molar-refractivity contribution in [1.82, 2.24) is 9.55 Å². The summed E-state index contributed by atoms with van der Waals surface area (Å²) in [4.78, 5) is 32.6. The molecule has 2 aromatic heterocycles. The van der Waals surface area contributed by atoms with Gasteiger partial charge in [0.1, 0.15) is 4.83 Å². The molecule has 5 nitrogen and oxygen atoms in total. The Morgan fingerprint density at radius 1 is 1.37 bits per heavy atom. The number of amides is 1. The Morgan fingerprint density at radius 3 is 2.87 bits per heavy atom. The van der Waals surface area contributed by atoms with Crippen LogP contribution in [0.5, 0.6) is 0 Å². The fraction of sp³-hybridized carbons (Fsp3) is 0.318. The van der Waals surface area contributed by atoms with E-state index in [0.717, 1.165) is 33.6 Å². The molecule has 0 radical (unpaired) electrons. The molecule has 8 heteroatoms. The Hall–Kier alpha value is -2.03. The molecule has 0 fully saturated rings. The standard InChI is InChI=1S/C22H23N3O2S3/c1-4-10-25-20(27)18-15-11-22(2,3)29-12-16(15)30-19(18)24-21(25)28-13-17(26)23-14-8-6-5-7-9-14/h4-9H,1,10-13H2,2-3H3,(H,23,26). The first-order chi connectivity index (χ1) is 14.4. The molecule has 4 rings (SSSR count). The number of carbonyl (C=O) groups is 1. The van der Waals surface area contributed by atoms with Crippen LogP contribution in [0.25, 0.3) is 10.2 Å². The number of nitrogens with one attached hydrogen (secondary N) is 1. The van der Waals surface area contributed by atoms with Gasteiger partial charge in [0, 0.05) is 27.6 Å². The van der Waals surface area contributed by atoms with Crippen LogP contribution in [0.15, 0.2) is 52.9 Å². The highest BCUT2D eigenvalue weighted by atomic mass is 32.2. The molecule has 0 spiro atoms. The van der Waals surface area contributed by atoms with Crippen LogP contribution in [0.3, 0.4) is 0 Å². The number of fused-ring (bicyclic) bond motifs is 3. The van der Waals surface area contributed by atoms with Crippen LogP contribution in [0.2, 0.25) is 0 Å². The molecule has 1 aliphatic rings. The zero-order valence-electron chi connectivity index (χ0n) is 16.9. The topological polar surface area (TPSA) is 64.0 Å². The molecule has 1 N–H and O–H groups in total. The number of carbonyl (C=O) groups excluding carboxylic acids is 1. The summed E-state index contributed by atoms with van der Waals surface area (Å²) in [6, 6.07) is 9.33. The molecule has 0 aliphatic carbocycles. The average Bonchev–Trinajstić information content (AvgIpc) is 3.06.